The Morgan fingerprint density at radius 1 is 0.977 bits per heavy atom. The Morgan fingerprint density at radius 3 is 2.11 bits per heavy atom. The van der Waals surface area contributed by atoms with Crippen molar-refractivity contribution in [3.05, 3.63) is 142 Å². The topological polar surface area (TPSA) is 41.9 Å². The van der Waals surface area contributed by atoms with Crippen molar-refractivity contribution in [2.24, 2.45) is 10.9 Å². The number of fused-ring (bicyclic) bond motifs is 1. The molecule has 0 N–H and O–H groups in total. The standard InChI is InChI=1S/C38H38F2N2O2/c1-24(2)23-42-25(3)20-31-26(4)34(41-37(28-12-8-6-9-13-28)29-14-10-7-11-15-29)18-17-30(31)38(42)36-32(39)21-27(22-33(36)40)16-19-35(43)44-5/h6-19,21-22,24-25,38H,20,23H2,1-5H3/b19-16+. The number of hydrogen-bond acceptors (Lipinski definition) is 4. The molecule has 0 spiro atoms. The minimum absolute atomic E-state index is 0.0126. The molecule has 4 aromatic carbocycles. The first-order chi connectivity index (χ1) is 21.2. The summed E-state index contributed by atoms with van der Waals surface area (Å²) in [5, 5.41) is 0. The van der Waals surface area contributed by atoms with Crippen LogP contribution in [-0.4, -0.2) is 36.3 Å². The Hall–Kier alpha value is -4.42. The minimum atomic E-state index is -0.650. The summed E-state index contributed by atoms with van der Waals surface area (Å²) in [6, 6.07) is 26.1. The lowest BCUT2D eigenvalue weighted by atomic mass is 9.81. The summed E-state index contributed by atoms with van der Waals surface area (Å²) in [5.41, 5.74) is 6.94. The molecule has 0 aromatic heterocycles. The largest absolute Gasteiger partial charge is 0.466 e. The molecule has 1 heterocycles. The molecule has 0 saturated heterocycles. The van der Waals surface area contributed by atoms with Crippen LogP contribution >= 0.6 is 0 Å². The van der Waals surface area contributed by atoms with Crippen LogP contribution < -0.4 is 0 Å². The van der Waals surface area contributed by atoms with Crippen LogP contribution in [0.1, 0.15) is 65.8 Å². The molecule has 5 rings (SSSR count). The van der Waals surface area contributed by atoms with Crippen LogP contribution in [0.5, 0.6) is 0 Å². The zero-order valence-corrected chi connectivity index (χ0v) is 25.9. The van der Waals surface area contributed by atoms with E-state index >= 15 is 8.78 Å². The molecular formula is C38H38F2N2O2. The third-order valence-electron chi connectivity index (χ3n) is 8.19. The van der Waals surface area contributed by atoms with Gasteiger partial charge in [0, 0.05) is 35.4 Å². The summed E-state index contributed by atoms with van der Waals surface area (Å²) in [4.78, 5) is 19.0. The number of carbonyl (C=O) groups is 1. The maximum Gasteiger partial charge on any atom is 0.330 e. The predicted octanol–water partition coefficient (Wildman–Crippen LogP) is 8.62. The molecular weight excluding hydrogens is 554 g/mol. The first-order valence-electron chi connectivity index (χ1n) is 15.0. The van der Waals surface area contributed by atoms with E-state index in [0.717, 1.165) is 51.7 Å². The number of methoxy groups -OCH3 is 1. The third-order valence-corrected chi connectivity index (χ3v) is 8.19. The van der Waals surface area contributed by atoms with Crippen molar-refractivity contribution in [2.45, 2.75) is 46.2 Å². The van der Waals surface area contributed by atoms with Gasteiger partial charge < -0.3 is 4.74 Å². The van der Waals surface area contributed by atoms with Gasteiger partial charge in [0.05, 0.1) is 24.6 Å². The van der Waals surface area contributed by atoms with Crippen LogP contribution in [-0.2, 0) is 16.0 Å². The highest BCUT2D eigenvalue weighted by Gasteiger charge is 2.37. The number of halogens is 2. The first-order valence-corrected chi connectivity index (χ1v) is 15.0. The summed E-state index contributed by atoms with van der Waals surface area (Å²) in [7, 11) is 1.25. The van der Waals surface area contributed by atoms with Crippen molar-refractivity contribution < 1.29 is 18.3 Å². The molecule has 226 valence electrons. The number of carbonyl (C=O) groups excluding carboxylic acids is 1. The summed E-state index contributed by atoms with van der Waals surface area (Å²) >= 11 is 0. The van der Waals surface area contributed by atoms with Crippen LogP contribution in [0.2, 0.25) is 0 Å². The van der Waals surface area contributed by atoms with Gasteiger partial charge in [0.2, 0.25) is 0 Å². The molecule has 0 fully saturated rings. The molecule has 0 radical (unpaired) electrons. The zero-order valence-electron chi connectivity index (χ0n) is 25.9. The Kier molecular flexibility index (Phi) is 9.50. The van der Waals surface area contributed by atoms with Crippen LogP contribution in [0.25, 0.3) is 6.08 Å². The normalized spacial score (nSPS) is 16.6. The lowest BCUT2D eigenvalue weighted by molar-refractivity contribution is -0.134. The highest BCUT2D eigenvalue weighted by molar-refractivity contribution is 6.14. The number of nitrogens with zero attached hydrogens (tertiary/aromatic N) is 2. The lowest BCUT2D eigenvalue weighted by Gasteiger charge is -2.44. The fourth-order valence-corrected chi connectivity index (χ4v) is 6.09. The Bertz CT molecular complexity index is 1630. The second kappa shape index (κ2) is 13.5. The fraction of sp³-hybridized carbons (Fsp3) is 0.263. The molecule has 44 heavy (non-hydrogen) atoms. The molecule has 0 bridgehead atoms. The molecule has 1 aliphatic heterocycles. The quantitative estimate of drug-likeness (QED) is 0.117. The maximum absolute atomic E-state index is 15.9. The number of ether oxygens (including phenoxy) is 1. The molecule has 2 atom stereocenters. The molecule has 4 nitrogen and oxygen atoms in total. The molecule has 6 heteroatoms. The number of esters is 1. The SMILES string of the molecule is COC(=O)/C=C/c1cc(F)c(C2c3ccc(N=C(c4ccccc4)c4ccccc4)c(C)c3CC(C)N2CC(C)C)c(F)c1. The number of benzene rings is 4. The van der Waals surface area contributed by atoms with E-state index in [9.17, 15) is 4.79 Å². The van der Waals surface area contributed by atoms with E-state index in [2.05, 4.69) is 61.6 Å². The van der Waals surface area contributed by atoms with Gasteiger partial charge in [-0.2, -0.15) is 0 Å². The number of hydrogen-bond donors (Lipinski definition) is 0. The van der Waals surface area contributed by atoms with Crippen LogP contribution in [0.4, 0.5) is 14.5 Å². The summed E-state index contributed by atoms with van der Waals surface area (Å²) in [5.74, 6) is -1.60. The monoisotopic (exact) mass is 592 g/mol. The van der Waals surface area contributed by atoms with E-state index in [4.69, 9.17) is 4.99 Å². The number of rotatable bonds is 8. The van der Waals surface area contributed by atoms with E-state index in [1.54, 1.807) is 0 Å². The summed E-state index contributed by atoms with van der Waals surface area (Å²) in [6.45, 7) is 9.09. The zero-order chi connectivity index (χ0) is 31.4. The van der Waals surface area contributed by atoms with Gasteiger partial charge in [-0.25, -0.2) is 18.6 Å². The van der Waals surface area contributed by atoms with Gasteiger partial charge in [-0.15, -0.1) is 0 Å². The van der Waals surface area contributed by atoms with Gasteiger partial charge in [-0.1, -0.05) is 80.6 Å². The van der Waals surface area contributed by atoms with Crippen LogP contribution in [0.15, 0.2) is 96.0 Å². The molecule has 0 saturated carbocycles. The molecule has 1 aliphatic rings. The molecule has 4 aromatic rings. The first kappa shape index (κ1) is 31.0. The van der Waals surface area contributed by atoms with Crippen molar-refractivity contribution in [3.8, 4) is 0 Å². The highest BCUT2D eigenvalue weighted by Crippen LogP contribution is 2.43. The summed E-state index contributed by atoms with van der Waals surface area (Å²) < 4.78 is 36.5. The second-order valence-corrected chi connectivity index (χ2v) is 11.8. The van der Waals surface area contributed by atoms with Crippen LogP contribution in [0, 0.1) is 24.5 Å². The second-order valence-electron chi connectivity index (χ2n) is 11.8. The lowest BCUT2D eigenvalue weighted by Crippen LogP contribution is -2.45. The van der Waals surface area contributed by atoms with Gasteiger partial charge >= 0.3 is 5.97 Å². The highest BCUT2D eigenvalue weighted by atomic mass is 19.1. The summed E-state index contributed by atoms with van der Waals surface area (Å²) in [6.07, 6.45) is 3.25. The van der Waals surface area contributed by atoms with Crippen molar-refractivity contribution in [1.29, 1.82) is 0 Å². The van der Waals surface area contributed by atoms with Gasteiger partial charge in [0.25, 0.3) is 0 Å². The molecule has 0 amide bonds. The maximum atomic E-state index is 15.9. The Morgan fingerprint density at radius 2 is 1.57 bits per heavy atom. The number of aliphatic imine (C=N–C) groups is 1. The Balaban J connectivity index is 1.65. The minimum Gasteiger partial charge on any atom is -0.466 e. The molecule has 0 aliphatic carbocycles. The fourth-order valence-electron chi connectivity index (χ4n) is 6.09. The van der Waals surface area contributed by atoms with E-state index in [1.807, 2.05) is 48.5 Å². The van der Waals surface area contributed by atoms with Crippen molar-refractivity contribution in [1.82, 2.24) is 4.90 Å². The van der Waals surface area contributed by atoms with E-state index in [0.29, 0.717) is 12.5 Å². The van der Waals surface area contributed by atoms with Gasteiger partial charge in [-0.05, 0) is 72.7 Å². The van der Waals surface area contributed by atoms with Crippen LogP contribution in [0.3, 0.4) is 0 Å². The Labute approximate surface area is 258 Å². The van der Waals surface area contributed by atoms with Crippen molar-refractivity contribution in [2.75, 3.05) is 13.7 Å². The van der Waals surface area contributed by atoms with E-state index < -0.39 is 23.6 Å². The van der Waals surface area contributed by atoms with Gasteiger partial charge in [-0.3, -0.25) is 4.90 Å². The third kappa shape index (κ3) is 6.56. The average molecular weight is 593 g/mol. The molecule has 2 unspecified atom stereocenters. The predicted molar refractivity (Wildman–Crippen MR) is 173 cm³/mol. The van der Waals surface area contributed by atoms with Crippen molar-refractivity contribution in [3.63, 3.8) is 0 Å². The van der Waals surface area contributed by atoms with Gasteiger partial charge in [0.15, 0.2) is 0 Å². The average Bonchev–Trinajstić information content (AvgIpc) is 3.01. The smallest absolute Gasteiger partial charge is 0.330 e. The van der Waals surface area contributed by atoms with E-state index in [-0.39, 0.29) is 17.2 Å². The van der Waals surface area contributed by atoms with Crippen molar-refractivity contribution >= 4 is 23.4 Å². The van der Waals surface area contributed by atoms with E-state index in [1.165, 1.54) is 25.3 Å². The van der Waals surface area contributed by atoms with Gasteiger partial charge in [0.1, 0.15) is 11.6 Å².